The van der Waals surface area contributed by atoms with Crippen LogP contribution in [0, 0.1) is 0 Å². The summed E-state index contributed by atoms with van der Waals surface area (Å²) in [7, 11) is 0. The number of unbranched alkanes of at least 4 members (excludes halogenated alkanes) is 2. The number of aromatic nitrogens is 4. The van der Waals surface area contributed by atoms with Crippen LogP contribution in [-0.4, -0.2) is 33.1 Å². The van der Waals surface area contributed by atoms with Gasteiger partial charge in [-0.2, -0.15) is 0 Å². The lowest BCUT2D eigenvalue weighted by molar-refractivity contribution is 0.279. The monoisotopic (exact) mass is 496 g/mol. The third-order valence-electron chi connectivity index (χ3n) is 6.04. The lowest BCUT2D eigenvalue weighted by atomic mass is 10.2. The van der Waals surface area contributed by atoms with Gasteiger partial charge in [0.05, 0.1) is 13.2 Å². The van der Waals surface area contributed by atoms with E-state index in [1.54, 1.807) is 0 Å². The molecule has 6 nitrogen and oxygen atoms in total. The van der Waals surface area contributed by atoms with Gasteiger partial charge >= 0.3 is 0 Å². The Morgan fingerprint density at radius 1 is 0.514 bits per heavy atom. The van der Waals surface area contributed by atoms with Gasteiger partial charge in [-0.1, -0.05) is 26.7 Å². The highest BCUT2D eigenvalue weighted by molar-refractivity contribution is 5.56. The Hall–Kier alpha value is -3.80. The van der Waals surface area contributed by atoms with Crippen LogP contribution in [0.15, 0.2) is 73.3 Å². The van der Waals surface area contributed by atoms with E-state index in [4.69, 9.17) is 9.47 Å². The molecule has 4 rings (SSSR count). The molecule has 0 saturated heterocycles. The average Bonchev–Trinajstić information content (AvgIpc) is 2.94. The van der Waals surface area contributed by atoms with E-state index >= 15 is 0 Å². The molecule has 2 aromatic carbocycles. The first-order valence-electron chi connectivity index (χ1n) is 13.3. The minimum atomic E-state index is 0.688. The molecule has 0 unspecified atom stereocenters. The van der Waals surface area contributed by atoms with E-state index in [9.17, 15) is 0 Å². The van der Waals surface area contributed by atoms with Crippen molar-refractivity contribution in [3.05, 3.63) is 84.4 Å². The first-order chi connectivity index (χ1) is 18.2. The topological polar surface area (TPSA) is 70.0 Å². The minimum Gasteiger partial charge on any atom is -0.494 e. The molecule has 0 bridgehead atoms. The number of benzene rings is 2. The second-order valence-corrected chi connectivity index (χ2v) is 9.14. The van der Waals surface area contributed by atoms with Gasteiger partial charge in [-0.3, -0.25) is 0 Å². The fourth-order valence-electron chi connectivity index (χ4n) is 4.00. The molecule has 0 amide bonds. The molecule has 2 aromatic heterocycles. The Bertz CT molecular complexity index is 1100. The van der Waals surface area contributed by atoms with Gasteiger partial charge in [-0.15, -0.1) is 0 Å². The van der Waals surface area contributed by atoms with Gasteiger partial charge in [0.2, 0.25) is 0 Å². The molecule has 6 heteroatoms. The molecule has 0 radical (unpaired) electrons. The summed E-state index contributed by atoms with van der Waals surface area (Å²) < 4.78 is 11.8. The Morgan fingerprint density at radius 3 is 1.24 bits per heavy atom. The highest BCUT2D eigenvalue weighted by Crippen LogP contribution is 2.21. The van der Waals surface area contributed by atoms with Crippen LogP contribution in [0.4, 0.5) is 0 Å². The number of hydrogen-bond donors (Lipinski definition) is 0. The van der Waals surface area contributed by atoms with Crippen molar-refractivity contribution in [2.24, 2.45) is 0 Å². The van der Waals surface area contributed by atoms with E-state index in [1.165, 1.54) is 11.1 Å². The lowest BCUT2D eigenvalue weighted by Gasteiger charge is -2.09. The van der Waals surface area contributed by atoms with Crippen molar-refractivity contribution in [3.63, 3.8) is 0 Å². The Balaban J connectivity index is 1.11. The maximum Gasteiger partial charge on any atom is 0.159 e. The Kier molecular flexibility index (Phi) is 9.99. The first-order valence-corrected chi connectivity index (χ1v) is 13.3. The van der Waals surface area contributed by atoms with E-state index in [0.717, 1.165) is 79.2 Å². The fraction of sp³-hybridized carbons (Fsp3) is 0.355. The van der Waals surface area contributed by atoms with E-state index in [2.05, 4.69) is 33.8 Å². The van der Waals surface area contributed by atoms with Crippen molar-refractivity contribution in [1.29, 1.82) is 0 Å². The second kappa shape index (κ2) is 14.1. The minimum absolute atomic E-state index is 0.688. The summed E-state index contributed by atoms with van der Waals surface area (Å²) >= 11 is 0. The summed E-state index contributed by atoms with van der Waals surface area (Å²) in [5, 5.41) is 0. The molecule has 0 spiro atoms. The number of aryl methyl sites for hydroxylation is 2. The van der Waals surface area contributed by atoms with Crippen molar-refractivity contribution in [3.8, 4) is 34.3 Å². The van der Waals surface area contributed by atoms with Crippen LogP contribution < -0.4 is 9.47 Å². The van der Waals surface area contributed by atoms with Crippen LogP contribution in [0.1, 0.15) is 57.1 Å². The average molecular weight is 497 g/mol. The summed E-state index contributed by atoms with van der Waals surface area (Å²) in [6.45, 7) is 5.69. The van der Waals surface area contributed by atoms with Gasteiger partial charge in [0.25, 0.3) is 0 Å². The Labute approximate surface area is 220 Å². The van der Waals surface area contributed by atoms with E-state index in [1.807, 2.05) is 73.3 Å². The Morgan fingerprint density at radius 2 is 0.892 bits per heavy atom. The van der Waals surface area contributed by atoms with Gasteiger partial charge < -0.3 is 9.47 Å². The van der Waals surface area contributed by atoms with Crippen LogP contribution in [0.5, 0.6) is 11.5 Å². The van der Waals surface area contributed by atoms with E-state index < -0.39 is 0 Å². The molecule has 37 heavy (non-hydrogen) atoms. The van der Waals surface area contributed by atoms with E-state index in [-0.39, 0.29) is 0 Å². The third kappa shape index (κ3) is 8.10. The quantitative estimate of drug-likeness (QED) is 0.173. The molecule has 0 aliphatic heterocycles. The smallest absolute Gasteiger partial charge is 0.159 e. The summed E-state index contributed by atoms with van der Waals surface area (Å²) in [6.07, 6.45) is 14.9. The first kappa shape index (κ1) is 26.3. The van der Waals surface area contributed by atoms with Crippen LogP contribution in [0.25, 0.3) is 22.8 Å². The maximum absolute atomic E-state index is 5.90. The van der Waals surface area contributed by atoms with Crippen molar-refractivity contribution in [2.75, 3.05) is 13.2 Å². The van der Waals surface area contributed by atoms with Gasteiger partial charge in [-0.25, -0.2) is 19.9 Å². The van der Waals surface area contributed by atoms with Crippen LogP contribution >= 0.6 is 0 Å². The normalized spacial score (nSPS) is 10.9. The molecule has 0 N–H and O–H groups in total. The molecule has 0 atom stereocenters. The van der Waals surface area contributed by atoms with Gasteiger partial charge in [0.15, 0.2) is 11.6 Å². The number of rotatable bonds is 14. The lowest BCUT2D eigenvalue weighted by Crippen LogP contribution is -2.01. The highest BCUT2D eigenvalue weighted by Gasteiger charge is 2.04. The van der Waals surface area contributed by atoms with Gasteiger partial charge in [-0.05, 0) is 91.8 Å². The summed E-state index contributed by atoms with van der Waals surface area (Å²) in [6, 6.07) is 16.0. The predicted octanol–water partition coefficient (Wildman–Crippen LogP) is 7.13. The van der Waals surface area contributed by atoms with Crippen molar-refractivity contribution in [2.45, 2.75) is 58.8 Å². The number of nitrogens with zero attached hydrogens (tertiary/aromatic N) is 4. The number of ether oxygens (including phenoxy) is 2. The SMILES string of the molecule is CCCc1cnc(-c2ccc(OCCCCCOc3ccc(-c4ncc(CCC)cn4)cc3)cc2)nc1. The molecule has 2 heterocycles. The molecule has 0 aliphatic carbocycles. The van der Waals surface area contributed by atoms with Crippen LogP contribution in [-0.2, 0) is 12.8 Å². The molecule has 0 aliphatic rings. The standard InChI is InChI=1S/C31H36N4O2/c1-3-8-24-20-32-30(33-21-24)26-10-14-28(15-11-26)36-18-6-5-7-19-37-29-16-12-27(13-17-29)31-34-22-25(9-4-2)23-35-31/h10-17,20-23H,3-9,18-19H2,1-2H3. The molecule has 0 fully saturated rings. The predicted molar refractivity (Wildman–Crippen MR) is 148 cm³/mol. The zero-order valence-corrected chi connectivity index (χ0v) is 21.9. The van der Waals surface area contributed by atoms with Crippen molar-refractivity contribution >= 4 is 0 Å². The molecule has 0 saturated carbocycles. The van der Waals surface area contributed by atoms with Crippen LogP contribution in [0.3, 0.4) is 0 Å². The third-order valence-corrected chi connectivity index (χ3v) is 6.04. The van der Waals surface area contributed by atoms with Crippen molar-refractivity contribution < 1.29 is 9.47 Å². The summed E-state index contributed by atoms with van der Waals surface area (Å²) in [5.41, 5.74) is 4.35. The van der Waals surface area contributed by atoms with Crippen molar-refractivity contribution in [1.82, 2.24) is 19.9 Å². The largest absolute Gasteiger partial charge is 0.494 e. The molecular formula is C31H36N4O2. The molecule has 4 aromatic rings. The molecule has 192 valence electrons. The van der Waals surface area contributed by atoms with Crippen LogP contribution in [0.2, 0.25) is 0 Å². The van der Waals surface area contributed by atoms with Gasteiger partial charge in [0, 0.05) is 35.9 Å². The fourth-order valence-corrected chi connectivity index (χ4v) is 4.00. The second-order valence-electron chi connectivity index (χ2n) is 9.14. The van der Waals surface area contributed by atoms with Gasteiger partial charge in [0.1, 0.15) is 11.5 Å². The number of hydrogen-bond acceptors (Lipinski definition) is 6. The summed E-state index contributed by atoms with van der Waals surface area (Å²) in [4.78, 5) is 17.9. The van der Waals surface area contributed by atoms with E-state index in [0.29, 0.717) is 13.2 Å². The maximum atomic E-state index is 5.90. The molecular weight excluding hydrogens is 460 g/mol. The highest BCUT2D eigenvalue weighted by atomic mass is 16.5. The zero-order valence-electron chi connectivity index (χ0n) is 21.9. The summed E-state index contributed by atoms with van der Waals surface area (Å²) in [5.74, 6) is 3.23. The zero-order chi connectivity index (χ0) is 25.7.